The Kier molecular flexibility index (Phi) is 5.17. The lowest BCUT2D eigenvalue weighted by Crippen LogP contribution is -2.10. The van der Waals surface area contributed by atoms with Crippen LogP contribution in [0.2, 0.25) is 0 Å². The number of aliphatic carboxylic acids is 1. The first-order chi connectivity index (χ1) is 14.5. The summed E-state index contributed by atoms with van der Waals surface area (Å²) in [5.74, 6) is 0.325. The topological polar surface area (TPSA) is 130 Å². The third-order valence-electron chi connectivity index (χ3n) is 4.36. The smallest absolute Gasteiger partial charge is 0.341 e. The standard InChI is InChI=1S/C21H18N4O5/c1-2-29-16-9-13(12-4-3-5-14(8-12)30-10-17(26)27)6-7-15(16)19-24-20-18(21(28)25-19)22-11-23-20/h3-9,11H,2,10H2,1H3,(H,26,27)(H2,22,23,24,25,28). The molecule has 4 rings (SSSR count). The van der Waals surface area contributed by atoms with Gasteiger partial charge in [0.05, 0.1) is 18.5 Å². The maximum absolute atomic E-state index is 12.3. The van der Waals surface area contributed by atoms with Gasteiger partial charge in [0.15, 0.2) is 17.8 Å². The molecule has 30 heavy (non-hydrogen) atoms. The Hall–Kier alpha value is -4.14. The summed E-state index contributed by atoms with van der Waals surface area (Å²) in [6, 6.07) is 12.6. The number of aromatic nitrogens is 4. The summed E-state index contributed by atoms with van der Waals surface area (Å²) in [6.45, 7) is 1.88. The lowest BCUT2D eigenvalue weighted by atomic mass is 10.0. The van der Waals surface area contributed by atoms with E-state index in [4.69, 9.17) is 14.6 Å². The monoisotopic (exact) mass is 406 g/mol. The van der Waals surface area contributed by atoms with Crippen LogP contribution in [0.1, 0.15) is 6.92 Å². The van der Waals surface area contributed by atoms with Crippen LogP contribution in [0.15, 0.2) is 53.6 Å². The van der Waals surface area contributed by atoms with Gasteiger partial charge in [-0.25, -0.2) is 14.8 Å². The van der Waals surface area contributed by atoms with Crippen molar-refractivity contribution in [1.29, 1.82) is 0 Å². The highest BCUT2D eigenvalue weighted by Crippen LogP contribution is 2.33. The normalized spacial score (nSPS) is 10.8. The quantitative estimate of drug-likeness (QED) is 0.430. The summed E-state index contributed by atoms with van der Waals surface area (Å²) < 4.78 is 11.1. The fourth-order valence-electron chi connectivity index (χ4n) is 3.06. The van der Waals surface area contributed by atoms with Gasteiger partial charge in [-0.1, -0.05) is 18.2 Å². The Morgan fingerprint density at radius 2 is 1.97 bits per heavy atom. The average Bonchev–Trinajstić information content (AvgIpc) is 3.22. The predicted molar refractivity (Wildman–Crippen MR) is 110 cm³/mol. The molecule has 0 atom stereocenters. The Morgan fingerprint density at radius 1 is 1.13 bits per heavy atom. The number of benzene rings is 2. The molecule has 2 aromatic carbocycles. The van der Waals surface area contributed by atoms with Gasteiger partial charge in [0, 0.05) is 0 Å². The minimum absolute atomic E-state index is 0.242. The minimum Gasteiger partial charge on any atom is -0.493 e. The van der Waals surface area contributed by atoms with E-state index in [1.54, 1.807) is 18.2 Å². The molecule has 0 bridgehead atoms. The number of nitrogens with one attached hydrogen (secondary N) is 2. The van der Waals surface area contributed by atoms with E-state index in [0.29, 0.717) is 35.1 Å². The zero-order valence-electron chi connectivity index (χ0n) is 16.0. The van der Waals surface area contributed by atoms with Crippen LogP contribution >= 0.6 is 0 Å². The molecule has 0 radical (unpaired) electrons. The van der Waals surface area contributed by atoms with Crippen LogP contribution in [0.3, 0.4) is 0 Å². The van der Waals surface area contributed by atoms with Gasteiger partial charge >= 0.3 is 5.97 Å². The van der Waals surface area contributed by atoms with Crippen LogP contribution in [-0.2, 0) is 4.79 Å². The van der Waals surface area contributed by atoms with Gasteiger partial charge < -0.3 is 24.5 Å². The number of carboxylic acids is 1. The molecule has 0 aliphatic heterocycles. The maximum atomic E-state index is 12.3. The number of imidazole rings is 1. The molecule has 0 fully saturated rings. The molecule has 4 aromatic rings. The average molecular weight is 406 g/mol. The fraction of sp³-hybridized carbons (Fsp3) is 0.143. The van der Waals surface area contributed by atoms with Crippen LogP contribution in [0.4, 0.5) is 0 Å². The van der Waals surface area contributed by atoms with Crippen molar-refractivity contribution in [3.63, 3.8) is 0 Å². The van der Waals surface area contributed by atoms with E-state index in [-0.39, 0.29) is 11.1 Å². The Morgan fingerprint density at radius 3 is 2.77 bits per heavy atom. The van der Waals surface area contributed by atoms with Gasteiger partial charge in [-0.2, -0.15) is 0 Å². The second-order valence-corrected chi connectivity index (χ2v) is 6.37. The number of rotatable bonds is 7. The van der Waals surface area contributed by atoms with E-state index in [2.05, 4.69) is 19.9 Å². The molecule has 2 aromatic heterocycles. The highest BCUT2D eigenvalue weighted by molar-refractivity contribution is 5.77. The molecule has 3 N–H and O–H groups in total. The molecule has 0 unspecified atom stereocenters. The molecule has 0 aliphatic rings. The maximum Gasteiger partial charge on any atom is 0.341 e. The first kappa shape index (κ1) is 19.2. The third-order valence-corrected chi connectivity index (χ3v) is 4.36. The zero-order chi connectivity index (χ0) is 21.1. The van der Waals surface area contributed by atoms with Crippen molar-refractivity contribution in [1.82, 2.24) is 19.9 Å². The van der Waals surface area contributed by atoms with Crippen molar-refractivity contribution in [2.75, 3.05) is 13.2 Å². The molecule has 0 saturated carbocycles. The number of H-pyrrole nitrogens is 2. The number of carboxylic acid groups (broad SMARTS) is 1. The Labute approximate surface area is 170 Å². The van der Waals surface area contributed by atoms with Gasteiger partial charge in [-0.05, 0) is 42.3 Å². The minimum atomic E-state index is -1.04. The van der Waals surface area contributed by atoms with Crippen molar-refractivity contribution in [3.8, 4) is 34.0 Å². The number of carbonyl (C=O) groups is 1. The second-order valence-electron chi connectivity index (χ2n) is 6.37. The van der Waals surface area contributed by atoms with E-state index >= 15 is 0 Å². The largest absolute Gasteiger partial charge is 0.493 e. The highest BCUT2D eigenvalue weighted by atomic mass is 16.5. The Balaban J connectivity index is 1.74. The molecule has 0 spiro atoms. The molecule has 0 amide bonds. The molecule has 9 heteroatoms. The number of hydrogen-bond donors (Lipinski definition) is 3. The summed E-state index contributed by atoms with van der Waals surface area (Å²) in [6.07, 6.45) is 1.42. The molecule has 152 valence electrons. The van der Waals surface area contributed by atoms with E-state index in [0.717, 1.165) is 11.1 Å². The highest BCUT2D eigenvalue weighted by Gasteiger charge is 2.14. The van der Waals surface area contributed by atoms with Crippen molar-refractivity contribution in [3.05, 3.63) is 59.1 Å². The summed E-state index contributed by atoms with van der Waals surface area (Å²) in [5.41, 5.74) is 2.59. The second kappa shape index (κ2) is 8.08. The number of hydrogen-bond acceptors (Lipinski definition) is 6. The summed E-state index contributed by atoms with van der Waals surface area (Å²) in [5, 5.41) is 8.79. The van der Waals surface area contributed by atoms with Gasteiger partial charge in [-0.15, -0.1) is 0 Å². The number of nitrogens with zero attached hydrogens (tertiary/aromatic N) is 2. The Bertz CT molecular complexity index is 1280. The predicted octanol–water partition coefficient (Wildman–Crippen LogP) is 2.84. The molecule has 2 heterocycles. The molecule has 9 nitrogen and oxygen atoms in total. The SMILES string of the molecule is CCOc1cc(-c2cccc(OCC(=O)O)c2)ccc1-c1nc2[nH]cnc2c(=O)[nH]1. The van der Waals surface area contributed by atoms with E-state index in [1.165, 1.54) is 6.33 Å². The molecular weight excluding hydrogens is 388 g/mol. The lowest BCUT2D eigenvalue weighted by Gasteiger charge is -2.13. The van der Waals surface area contributed by atoms with Gasteiger partial charge in [-0.3, -0.25) is 4.79 Å². The first-order valence-corrected chi connectivity index (χ1v) is 9.21. The van der Waals surface area contributed by atoms with Gasteiger partial charge in [0.1, 0.15) is 17.3 Å². The van der Waals surface area contributed by atoms with Gasteiger partial charge in [0.2, 0.25) is 0 Å². The van der Waals surface area contributed by atoms with Crippen LogP contribution < -0.4 is 15.0 Å². The van der Waals surface area contributed by atoms with Crippen molar-refractivity contribution >= 4 is 17.1 Å². The van der Waals surface area contributed by atoms with Crippen molar-refractivity contribution < 1.29 is 19.4 Å². The number of aromatic amines is 2. The van der Waals surface area contributed by atoms with E-state index < -0.39 is 12.6 Å². The zero-order valence-corrected chi connectivity index (χ0v) is 16.0. The molecule has 0 saturated heterocycles. The lowest BCUT2D eigenvalue weighted by molar-refractivity contribution is -0.139. The number of ether oxygens (including phenoxy) is 2. The van der Waals surface area contributed by atoms with Crippen LogP contribution in [0, 0.1) is 0 Å². The third kappa shape index (κ3) is 3.86. The van der Waals surface area contributed by atoms with Crippen molar-refractivity contribution in [2.45, 2.75) is 6.92 Å². The van der Waals surface area contributed by atoms with E-state index in [1.807, 2.05) is 31.2 Å². The van der Waals surface area contributed by atoms with Crippen LogP contribution in [0.25, 0.3) is 33.7 Å². The fourth-order valence-corrected chi connectivity index (χ4v) is 3.06. The van der Waals surface area contributed by atoms with Crippen molar-refractivity contribution in [2.24, 2.45) is 0 Å². The summed E-state index contributed by atoms with van der Waals surface area (Å²) in [4.78, 5) is 37.0. The van der Waals surface area contributed by atoms with Crippen LogP contribution in [0.5, 0.6) is 11.5 Å². The van der Waals surface area contributed by atoms with E-state index in [9.17, 15) is 9.59 Å². The molecular formula is C21H18N4O5. The number of fused-ring (bicyclic) bond motifs is 1. The summed E-state index contributed by atoms with van der Waals surface area (Å²) >= 11 is 0. The van der Waals surface area contributed by atoms with Crippen LogP contribution in [-0.4, -0.2) is 44.2 Å². The summed E-state index contributed by atoms with van der Waals surface area (Å²) in [7, 11) is 0. The van der Waals surface area contributed by atoms with Gasteiger partial charge in [0.25, 0.3) is 5.56 Å². The molecule has 0 aliphatic carbocycles. The first-order valence-electron chi connectivity index (χ1n) is 9.21.